The van der Waals surface area contributed by atoms with E-state index in [1.807, 2.05) is 0 Å². The average Bonchev–Trinajstić information content (AvgIpc) is 2.91. The minimum atomic E-state index is -0.664. The Bertz CT molecular complexity index is 475. The van der Waals surface area contributed by atoms with Crippen molar-refractivity contribution >= 4 is 17.3 Å². The zero-order valence-corrected chi connectivity index (χ0v) is 11.2. The molecule has 0 heterocycles. The van der Waals surface area contributed by atoms with E-state index in [-0.39, 0.29) is 16.6 Å². The van der Waals surface area contributed by atoms with E-state index in [0.29, 0.717) is 5.56 Å². The Morgan fingerprint density at radius 3 is 2.63 bits per heavy atom. The Balaban J connectivity index is 2.20. The summed E-state index contributed by atoms with van der Waals surface area (Å²) in [6.45, 7) is 0. The lowest BCUT2D eigenvalue weighted by atomic mass is 9.91. The molecule has 6 heteroatoms. The number of rotatable bonds is 4. The van der Waals surface area contributed by atoms with Gasteiger partial charge in [0.1, 0.15) is 5.02 Å². The van der Waals surface area contributed by atoms with Crippen molar-refractivity contribution in [3.63, 3.8) is 0 Å². The molecule has 0 unspecified atom stereocenters. The summed E-state index contributed by atoms with van der Waals surface area (Å²) in [4.78, 5) is 10.3. The van der Waals surface area contributed by atoms with Gasteiger partial charge in [0.25, 0.3) is 5.69 Å². The molecule has 1 aromatic rings. The van der Waals surface area contributed by atoms with Gasteiger partial charge in [0.15, 0.2) is 0 Å². The van der Waals surface area contributed by atoms with Crippen LogP contribution in [0.25, 0.3) is 0 Å². The number of hydrogen-bond donors (Lipinski definition) is 2. The highest BCUT2D eigenvalue weighted by molar-refractivity contribution is 6.32. The first-order valence-electron chi connectivity index (χ1n) is 6.38. The zero-order chi connectivity index (χ0) is 14.0. The van der Waals surface area contributed by atoms with E-state index < -0.39 is 17.1 Å². The molecule has 0 aromatic heterocycles. The molecule has 1 fully saturated rings. The molecule has 0 radical (unpaired) electrons. The van der Waals surface area contributed by atoms with Crippen molar-refractivity contribution in [3.8, 4) is 0 Å². The highest BCUT2D eigenvalue weighted by Crippen LogP contribution is 2.34. The number of nitrogens with zero attached hydrogens (tertiary/aromatic N) is 1. The maximum Gasteiger partial charge on any atom is 0.288 e. The van der Waals surface area contributed by atoms with Crippen LogP contribution in [0.1, 0.15) is 37.3 Å². The summed E-state index contributed by atoms with van der Waals surface area (Å²) >= 11 is 5.76. The smallest absolute Gasteiger partial charge is 0.288 e. The summed E-state index contributed by atoms with van der Waals surface area (Å²) in [5.74, 6) is 0.185. The molecule has 0 amide bonds. The number of benzene rings is 1. The van der Waals surface area contributed by atoms with Gasteiger partial charge in [0.2, 0.25) is 0 Å². The van der Waals surface area contributed by atoms with E-state index >= 15 is 0 Å². The van der Waals surface area contributed by atoms with Crippen molar-refractivity contribution in [1.29, 1.82) is 0 Å². The van der Waals surface area contributed by atoms with E-state index in [9.17, 15) is 15.2 Å². The van der Waals surface area contributed by atoms with Gasteiger partial charge in [-0.2, -0.15) is 0 Å². The van der Waals surface area contributed by atoms with Crippen molar-refractivity contribution in [3.05, 3.63) is 38.9 Å². The van der Waals surface area contributed by atoms with E-state index in [0.717, 1.165) is 25.7 Å². The molecule has 1 aliphatic rings. The van der Waals surface area contributed by atoms with Gasteiger partial charge in [-0.25, -0.2) is 0 Å². The molecule has 1 aromatic carbocycles. The molecule has 0 aliphatic heterocycles. The number of halogens is 1. The van der Waals surface area contributed by atoms with Crippen molar-refractivity contribution in [2.75, 3.05) is 0 Å². The quantitative estimate of drug-likeness (QED) is 0.657. The van der Waals surface area contributed by atoms with Crippen molar-refractivity contribution in [2.24, 2.45) is 11.7 Å². The van der Waals surface area contributed by atoms with E-state index in [4.69, 9.17) is 17.3 Å². The Hall–Kier alpha value is -1.17. The lowest BCUT2D eigenvalue weighted by Gasteiger charge is -2.24. The average molecular weight is 285 g/mol. The maximum absolute atomic E-state index is 10.8. The van der Waals surface area contributed by atoms with Crippen molar-refractivity contribution in [2.45, 2.75) is 37.8 Å². The number of nitrogens with two attached hydrogens (primary N) is 1. The van der Waals surface area contributed by atoms with Gasteiger partial charge in [-0.3, -0.25) is 10.1 Å². The Morgan fingerprint density at radius 1 is 1.42 bits per heavy atom. The maximum atomic E-state index is 10.8. The number of nitro benzene ring substituents is 1. The topological polar surface area (TPSA) is 89.4 Å². The van der Waals surface area contributed by atoms with Gasteiger partial charge >= 0.3 is 0 Å². The third kappa shape index (κ3) is 3.05. The van der Waals surface area contributed by atoms with Crippen LogP contribution in [-0.4, -0.2) is 16.1 Å². The van der Waals surface area contributed by atoms with E-state index in [1.54, 1.807) is 6.07 Å². The molecule has 2 atom stereocenters. The molecule has 1 saturated carbocycles. The Kier molecular flexibility index (Phi) is 4.39. The predicted molar refractivity (Wildman–Crippen MR) is 73.0 cm³/mol. The molecule has 104 valence electrons. The molecule has 0 bridgehead atoms. The molecular formula is C13H17ClN2O3. The molecule has 3 N–H and O–H groups in total. The molecule has 0 saturated heterocycles. The number of hydrogen-bond acceptors (Lipinski definition) is 4. The second-order valence-corrected chi connectivity index (χ2v) is 5.44. The van der Waals surface area contributed by atoms with Crippen LogP contribution in [0.2, 0.25) is 5.02 Å². The summed E-state index contributed by atoms with van der Waals surface area (Å²) in [6, 6.07) is 3.83. The minimum Gasteiger partial charge on any atom is -0.391 e. The van der Waals surface area contributed by atoms with Crippen LogP contribution in [0, 0.1) is 16.0 Å². The predicted octanol–water partition coefficient (Wildman–Crippen LogP) is 2.80. The fourth-order valence-corrected chi connectivity index (χ4v) is 2.85. The Morgan fingerprint density at radius 2 is 2.05 bits per heavy atom. The van der Waals surface area contributed by atoms with Crippen molar-refractivity contribution in [1.82, 2.24) is 0 Å². The largest absolute Gasteiger partial charge is 0.391 e. The summed E-state index contributed by atoms with van der Waals surface area (Å²) in [7, 11) is 0. The van der Waals surface area contributed by atoms with Crippen LogP contribution in [0.3, 0.4) is 0 Å². The first kappa shape index (κ1) is 14.2. The number of nitro groups is 1. The molecular weight excluding hydrogens is 268 g/mol. The molecule has 2 rings (SSSR count). The monoisotopic (exact) mass is 284 g/mol. The Labute approximate surface area is 116 Å². The second kappa shape index (κ2) is 5.86. The van der Waals surface area contributed by atoms with Gasteiger partial charge in [-0.05, 0) is 30.4 Å². The summed E-state index contributed by atoms with van der Waals surface area (Å²) in [6.07, 6.45) is 3.47. The molecule has 5 nitrogen and oxygen atoms in total. The fourth-order valence-electron chi connectivity index (χ4n) is 2.67. The van der Waals surface area contributed by atoms with Gasteiger partial charge in [-0.15, -0.1) is 0 Å². The fraction of sp³-hybridized carbons (Fsp3) is 0.538. The third-order valence-corrected chi connectivity index (χ3v) is 4.12. The van der Waals surface area contributed by atoms with Crippen LogP contribution in [-0.2, 0) is 0 Å². The highest BCUT2D eigenvalue weighted by Gasteiger charge is 2.29. The third-order valence-electron chi connectivity index (χ3n) is 3.80. The molecule has 19 heavy (non-hydrogen) atoms. The van der Waals surface area contributed by atoms with E-state index in [2.05, 4.69) is 0 Å². The van der Waals surface area contributed by atoms with Gasteiger partial charge in [0, 0.05) is 6.07 Å². The summed E-state index contributed by atoms with van der Waals surface area (Å²) < 4.78 is 0. The minimum absolute atomic E-state index is 0.0799. The zero-order valence-electron chi connectivity index (χ0n) is 10.5. The van der Waals surface area contributed by atoms with Crippen LogP contribution in [0.5, 0.6) is 0 Å². The summed E-state index contributed by atoms with van der Waals surface area (Å²) in [5, 5.41) is 21.2. The lowest BCUT2D eigenvalue weighted by Crippen LogP contribution is -2.31. The first-order chi connectivity index (χ1) is 9.00. The number of aliphatic hydroxyl groups is 1. The lowest BCUT2D eigenvalue weighted by molar-refractivity contribution is -0.384. The van der Waals surface area contributed by atoms with Gasteiger partial charge in [0.05, 0.1) is 17.1 Å². The van der Waals surface area contributed by atoms with Crippen LogP contribution >= 0.6 is 11.6 Å². The van der Waals surface area contributed by atoms with E-state index in [1.165, 1.54) is 12.1 Å². The normalized spacial score (nSPS) is 19.3. The van der Waals surface area contributed by atoms with Crippen LogP contribution in [0.4, 0.5) is 5.69 Å². The standard InChI is InChI=1S/C13H17ClN2O3/c14-10-6-5-9(7-11(10)16(18)19)12(15)13(17)8-3-1-2-4-8/h5-8,12-13,17H,1-4,15H2/t12-,13+/m1/s1. The summed E-state index contributed by atoms with van der Waals surface area (Å²) in [5.41, 5.74) is 6.40. The first-order valence-corrected chi connectivity index (χ1v) is 6.76. The van der Waals surface area contributed by atoms with Gasteiger partial charge < -0.3 is 10.8 Å². The van der Waals surface area contributed by atoms with Crippen molar-refractivity contribution < 1.29 is 10.0 Å². The van der Waals surface area contributed by atoms with Gasteiger partial charge in [-0.1, -0.05) is 30.5 Å². The molecule has 1 aliphatic carbocycles. The van der Waals surface area contributed by atoms with Crippen LogP contribution in [0.15, 0.2) is 18.2 Å². The second-order valence-electron chi connectivity index (χ2n) is 5.03. The highest BCUT2D eigenvalue weighted by atomic mass is 35.5. The number of aliphatic hydroxyl groups excluding tert-OH is 1. The SMILES string of the molecule is N[C@H](c1ccc(Cl)c([N+](=O)[O-])c1)[C@@H](O)C1CCCC1. The van der Waals surface area contributed by atoms with Crippen LogP contribution < -0.4 is 5.73 Å². The molecule has 0 spiro atoms.